The van der Waals surface area contributed by atoms with E-state index in [-0.39, 0.29) is 13.0 Å². The van der Waals surface area contributed by atoms with Crippen LogP contribution in [0.15, 0.2) is 36.5 Å². The van der Waals surface area contributed by atoms with E-state index in [4.69, 9.17) is 4.74 Å². The van der Waals surface area contributed by atoms with Gasteiger partial charge in [-0.25, -0.2) is 4.79 Å². The fraction of sp³-hybridized carbons (Fsp3) is 0.294. The predicted octanol–water partition coefficient (Wildman–Crippen LogP) is 3.44. The Labute approximate surface area is 129 Å². The van der Waals surface area contributed by atoms with E-state index >= 15 is 0 Å². The molecular formula is C17H19NO4. The summed E-state index contributed by atoms with van der Waals surface area (Å²) in [7, 11) is 0. The van der Waals surface area contributed by atoms with E-state index < -0.39 is 12.1 Å². The Kier molecular flexibility index (Phi) is 5.36. The van der Waals surface area contributed by atoms with Crippen molar-refractivity contribution < 1.29 is 19.1 Å². The van der Waals surface area contributed by atoms with Crippen LogP contribution in [0.4, 0.5) is 4.79 Å². The Bertz CT molecular complexity index is 626. The molecule has 0 aliphatic carbocycles. The average molecular weight is 301 g/mol. The minimum atomic E-state index is -0.962. The Balaban J connectivity index is 1.74. The van der Waals surface area contributed by atoms with Gasteiger partial charge in [0.15, 0.2) is 0 Å². The smallest absolute Gasteiger partial charge is 0.429 e. The molecular weight excluding hydrogens is 282 g/mol. The van der Waals surface area contributed by atoms with Crippen LogP contribution >= 0.6 is 0 Å². The summed E-state index contributed by atoms with van der Waals surface area (Å²) in [5.41, 5.74) is 4.04. The Morgan fingerprint density at radius 1 is 1.14 bits per heavy atom. The number of hydrogen-bond acceptors (Lipinski definition) is 4. The molecule has 0 fully saturated rings. The number of carbonyl (C=O) groups excluding carboxylic acids is 2. The third-order valence-electron chi connectivity index (χ3n) is 3.41. The first-order chi connectivity index (χ1) is 10.6. The maximum absolute atomic E-state index is 11.6. The quantitative estimate of drug-likeness (QED) is 0.678. The molecule has 0 saturated heterocycles. The number of hydrogen-bond donors (Lipinski definition) is 1. The molecule has 2 aromatic rings. The van der Waals surface area contributed by atoms with E-state index in [1.54, 1.807) is 0 Å². The second-order valence-electron chi connectivity index (χ2n) is 5.07. The lowest BCUT2D eigenvalue weighted by atomic mass is 10.1. The fourth-order valence-corrected chi connectivity index (χ4v) is 2.19. The van der Waals surface area contributed by atoms with Crippen LogP contribution in [0, 0.1) is 13.8 Å². The van der Waals surface area contributed by atoms with Crippen molar-refractivity contribution in [1.29, 1.82) is 0 Å². The summed E-state index contributed by atoms with van der Waals surface area (Å²) < 4.78 is 9.53. The maximum atomic E-state index is 11.6. The van der Waals surface area contributed by atoms with Gasteiger partial charge in [0.05, 0.1) is 6.42 Å². The molecule has 116 valence electrons. The number of H-pyrrole nitrogens is 1. The molecule has 1 heterocycles. The lowest BCUT2D eigenvalue weighted by Gasteiger charge is -2.05. The van der Waals surface area contributed by atoms with Crippen LogP contribution in [0.2, 0.25) is 0 Å². The van der Waals surface area contributed by atoms with Gasteiger partial charge in [-0.05, 0) is 37.0 Å². The van der Waals surface area contributed by atoms with Crippen LogP contribution < -0.4 is 0 Å². The van der Waals surface area contributed by atoms with Crippen molar-refractivity contribution in [3.05, 3.63) is 58.9 Å². The Hall–Kier alpha value is -2.56. The monoisotopic (exact) mass is 301 g/mol. The number of aryl methyl sites for hydroxylation is 2. The lowest BCUT2D eigenvalue weighted by Crippen LogP contribution is -2.14. The van der Waals surface area contributed by atoms with Crippen molar-refractivity contribution in [2.24, 2.45) is 0 Å². The molecule has 0 atom stereocenters. The summed E-state index contributed by atoms with van der Waals surface area (Å²) in [6.45, 7) is 4.00. The zero-order chi connectivity index (χ0) is 15.9. The first kappa shape index (κ1) is 15.8. The van der Waals surface area contributed by atoms with Crippen LogP contribution in [-0.2, 0) is 27.3 Å². The zero-order valence-electron chi connectivity index (χ0n) is 12.7. The molecule has 5 nitrogen and oxygen atoms in total. The molecule has 0 amide bonds. The van der Waals surface area contributed by atoms with E-state index in [2.05, 4.69) is 9.72 Å². The summed E-state index contributed by atoms with van der Waals surface area (Å²) in [6.07, 6.45) is 1.60. The number of benzene rings is 1. The molecule has 0 bridgehead atoms. The molecule has 0 spiro atoms. The standard InChI is InChI=1S/C17H19NO4/c1-12-10-18-13(2)15(12)8-9-16(19)22-17(20)21-11-14-6-4-3-5-7-14/h3-7,10,18H,8-9,11H2,1-2H3. The molecule has 5 heteroatoms. The number of nitrogens with one attached hydrogen (secondary N) is 1. The van der Waals surface area contributed by atoms with Gasteiger partial charge in [0.2, 0.25) is 0 Å². The molecule has 0 unspecified atom stereocenters. The summed E-state index contributed by atoms with van der Waals surface area (Å²) in [5.74, 6) is -0.585. The van der Waals surface area contributed by atoms with Gasteiger partial charge in [-0.15, -0.1) is 0 Å². The Morgan fingerprint density at radius 2 is 1.86 bits per heavy atom. The molecule has 0 aliphatic heterocycles. The average Bonchev–Trinajstić information content (AvgIpc) is 2.83. The van der Waals surface area contributed by atoms with Gasteiger partial charge in [-0.3, -0.25) is 4.79 Å². The summed E-state index contributed by atoms with van der Waals surface area (Å²) in [5, 5.41) is 0. The SMILES string of the molecule is Cc1c[nH]c(C)c1CCC(=O)OC(=O)OCc1ccccc1. The highest BCUT2D eigenvalue weighted by Gasteiger charge is 2.14. The molecule has 22 heavy (non-hydrogen) atoms. The van der Waals surface area contributed by atoms with Gasteiger partial charge in [-0.1, -0.05) is 30.3 Å². The van der Waals surface area contributed by atoms with Gasteiger partial charge < -0.3 is 14.5 Å². The number of aromatic nitrogens is 1. The van der Waals surface area contributed by atoms with Gasteiger partial charge in [0.1, 0.15) is 6.61 Å². The fourth-order valence-electron chi connectivity index (χ4n) is 2.19. The first-order valence-corrected chi connectivity index (χ1v) is 7.11. The third kappa shape index (κ3) is 4.48. The molecule has 0 saturated carbocycles. The number of rotatable bonds is 5. The van der Waals surface area contributed by atoms with Crippen LogP contribution in [0.25, 0.3) is 0 Å². The van der Waals surface area contributed by atoms with E-state index in [0.717, 1.165) is 22.4 Å². The molecule has 0 aliphatic rings. The van der Waals surface area contributed by atoms with E-state index in [1.165, 1.54) is 0 Å². The van der Waals surface area contributed by atoms with Crippen LogP contribution in [-0.4, -0.2) is 17.1 Å². The maximum Gasteiger partial charge on any atom is 0.516 e. The third-order valence-corrected chi connectivity index (χ3v) is 3.41. The van der Waals surface area contributed by atoms with Crippen LogP contribution in [0.3, 0.4) is 0 Å². The normalized spacial score (nSPS) is 10.3. The van der Waals surface area contributed by atoms with E-state index in [9.17, 15) is 9.59 Å². The van der Waals surface area contributed by atoms with Crippen LogP contribution in [0.1, 0.15) is 28.8 Å². The molecule has 1 aromatic heterocycles. The Morgan fingerprint density at radius 3 is 2.50 bits per heavy atom. The second kappa shape index (κ2) is 7.45. The summed E-state index contributed by atoms with van der Waals surface area (Å²) in [4.78, 5) is 26.2. The second-order valence-corrected chi connectivity index (χ2v) is 5.07. The van der Waals surface area contributed by atoms with E-state index in [0.29, 0.717) is 6.42 Å². The number of carbonyl (C=O) groups is 2. The largest absolute Gasteiger partial charge is 0.516 e. The first-order valence-electron chi connectivity index (χ1n) is 7.11. The van der Waals surface area contributed by atoms with Crippen molar-refractivity contribution in [3.8, 4) is 0 Å². The molecule has 1 N–H and O–H groups in total. The van der Waals surface area contributed by atoms with Crippen molar-refractivity contribution in [2.75, 3.05) is 0 Å². The highest BCUT2D eigenvalue weighted by atomic mass is 16.7. The van der Waals surface area contributed by atoms with Crippen LogP contribution in [0.5, 0.6) is 0 Å². The van der Waals surface area contributed by atoms with Crippen molar-refractivity contribution in [1.82, 2.24) is 4.98 Å². The van der Waals surface area contributed by atoms with Gasteiger partial charge >= 0.3 is 12.1 Å². The molecule has 0 radical (unpaired) electrons. The summed E-state index contributed by atoms with van der Waals surface area (Å²) in [6, 6.07) is 9.21. The lowest BCUT2D eigenvalue weighted by molar-refractivity contribution is -0.139. The number of ether oxygens (including phenoxy) is 2. The summed E-state index contributed by atoms with van der Waals surface area (Å²) >= 11 is 0. The van der Waals surface area contributed by atoms with E-state index in [1.807, 2.05) is 50.4 Å². The molecule has 1 aromatic carbocycles. The number of aromatic amines is 1. The minimum Gasteiger partial charge on any atom is -0.429 e. The predicted molar refractivity (Wildman–Crippen MR) is 81.3 cm³/mol. The number of esters is 1. The van der Waals surface area contributed by atoms with Crippen molar-refractivity contribution in [3.63, 3.8) is 0 Å². The molecule has 2 rings (SSSR count). The van der Waals surface area contributed by atoms with Crippen molar-refractivity contribution >= 4 is 12.1 Å². The van der Waals surface area contributed by atoms with Gasteiger partial charge in [-0.2, -0.15) is 0 Å². The highest BCUT2D eigenvalue weighted by molar-refractivity contribution is 5.81. The topological polar surface area (TPSA) is 68.4 Å². The van der Waals surface area contributed by atoms with Gasteiger partial charge in [0, 0.05) is 11.9 Å². The van der Waals surface area contributed by atoms with Crippen molar-refractivity contribution in [2.45, 2.75) is 33.3 Å². The van der Waals surface area contributed by atoms with Gasteiger partial charge in [0.25, 0.3) is 0 Å². The minimum absolute atomic E-state index is 0.0863. The zero-order valence-corrected chi connectivity index (χ0v) is 12.7. The highest BCUT2D eigenvalue weighted by Crippen LogP contribution is 2.14.